The molecule has 0 saturated carbocycles. The van der Waals surface area contributed by atoms with Gasteiger partial charge in [0.1, 0.15) is 0 Å². The molecule has 0 aliphatic rings. The molecule has 1 N–H and O–H groups in total. The van der Waals surface area contributed by atoms with Gasteiger partial charge in [0.05, 0.1) is 0 Å². The number of ether oxygens (including phenoxy) is 2. The third-order valence-corrected chi connectivity index (χ3v) is 2.09. The second kappa shape index (κ2) is 4.88. The van der Waals surface area contributed by atoms with Crippen molar-refractivity contribution in [1.29, 1.82) is 0 Å². The maximum atomic E-state index is 11.0. The minimum Gasteiger partial charge on any atom is -0.345 e. The highest BCUT2D eigenvalue weighted by molar-refractivity contribution is 7.57. The molecule has 0 radical (unpaired) electrons. The van der Waals surface area contributed by atoms with Gasteiger partial charge in [-0.25, -0.2) is 0 Å². The van der Waals surface area contributed by atoms with Crippen LogP contribution in [0.2, 0.25) is 0 Å². The zero-order chi connectivity index (χ0) is 8.91. The molecule has 0 rings (SSSR count). The minimum absolute atomic E-state index is 0.378. The van der Waals surface area contributed by atoms with Crippen LogP contribution in [0.5, 0.6) is 0 Å². The summed E-state index contributed by atoms with van der Waals surface area (Å²) < 4.78 is 20.8. The summed E-state index contributed by atoms with van der Waals surface area (Å²) in [5, 5.41) is 0. The first kappa shape index (κ1) is 11.1. The van der Waals surface area contributed by atoms with Gasteiger partial charge in [-0.1, -0.05) is 0 Å². The normalized spacial score (nSPS) is 16.8. The summed E-state index contributed by atoms with van der Waals surface area (Å²) in [5.74, 6) is 0. The first-order chi connectivity index (χ1) is 5.02. The lowest BCUT2D eigenvalue weighted by Crippen LogP contribution is -2.16. The van der Waals surface area contributed by atoms with Crippen molar-refractivity contribution in [3.63, 3.8) is 0 Å². The first-order valence-electron chi connectivity index (χ1n) is 3.55. The molecule has 0 aliphatic carbocycles. The molecule has 0 aromatic rings. The van der Waals surface area contributed by atoms with Gasteiger partial charge < -0.3 is 14.4 Å². The van der Waals surface area contributed by atoms with E-state index in [-0.39, 0.29) is 0 Å². The van der Waals surface area contributed by atoms with Gasteiger partial charge in [0, 0.05) is 19.9 Å². The molecule has 68 valence electrons. The second-order valence-corrected chi connectivity index (χ2v) is 4.47. The number of rotatable bonds is 5. The van der Waals surface area contributed by atoms with Crippen molar-refractivity contribution in [3.05, 3.63) is 0 Å². The summed E-state index contributed by atoms with van der Waals surface area (Å²) in [4.78, 5) is 9.05. The average molecular weight is 182 g/mol. The summed E-state index contributed by atoms with van der Waals surface area (Å²) in [5.41, 5.74) is 0. The molecule has 0 aliphatic heterocycles. The molecule has 5 heteroatoms. The second-order valence-electron chi connectivity index (χ2n) is 2.16. The predicted octanol–water partition coefficient (Wildman–Crippen LogP) is 1.24. The standard InChI is InChI=1S/C6H15O4P/c1-4-9-6(10-5-2)11(3,7)8/h6H,4-5H2,1-3H3,(H,7,8). The average Bonchev–Trinajstić information content (AvgIpc) is 1.85. The molecule has 1 unspecified atom stereocenters. The highest BCUT2D eigenvalue weighted by atomic mass is 31.2. The Kier molecular flexibility index (Phi) is 4.93. The summed E-state index contributed by atoms with van der Waals surface area (Å²) in [6.07, 6.45) is 0. The first-order valence-corrected chi connectivity index (χ1v) is 5.73. The van der Waals surface area contributed by atoms with Crippen LogP contribution in [0.4, 0.5) is 0 Å². The van der Waals surface area contributed by atoms with Crippen LogP contribution in [0.3, 0.4) is 0 Å². The smallest absolute Gasteiger partial charge is 0.252 e. The van der Waals surface area contributed by atoms with E-state index in [1.165, 1.54) is 6.66 Å². The van der Waals surface area contributed by atoms with Gasteiger partial charge in [0.25, 0.3) is 7.37 Å². The van der Waals surface area contributed by atoms with Gasteiger partial charge in [0.2, 0.25) is 6.03 Å². The van der Waals surface area contributed by atoms with Gasteiger partial charge in [0.15, 0.2) is 0 Å². The Morgan fingerprint density at radius 3 is 1.91 bits per heavy atom. The van der Waals surface area contributed by atoms with E-state index in [0.717, 1.165) is 0 Å². The van der Waals surface area contributed by atoms with Crippen molar-refractivity contribution in [2.24, 2.45) is 0 Å². The van der Waals surface area contributed by atoms with E-state index >= 15 is 0 Å². The lowest BCUT2D eigenvalue weighted by atomic mass is 10.9. The highest BCUT2D eigenvalue weighted by Gasteiger charge is 2.26. The minimum atomic E-state index is -3.25. The molecule has 0 fully saturated rings. The summed E-state index contributed by atoms with van der Waals surface area (Å²) >= 11 is 0. The molecular formula is C6H15O4P. The van der Waals surface area contributed by atoms with E-state index < -0.39 is 13.4 Å². The molecule has 0 bridgehead atoms. The molecule has 0 aromatic carbocycles. The van der Waals surface area contributed by atoms with Crippen LogP contribution >= 0.6 is 7.37 Å². The zero-order valence-electron chi connectivity index (χ0n) is 7.11. The van der Waals surface area contributed by atoms with Gasteiger partial charge in [-0.05, 0) is 13.8 Å². The maximum Gasteiger partial charge on any atom is 0.252 e. The molecule has 11 heavy (non-hydrogen) atoms. The quantitative estimate of drug-likeness (QED) is 0.513. The lowest BCUT2D eigenvalue weighted by molar-refractivity contribution is -0.0865. The van der Waals surface area contributed by atoms with Crippen molar-refractivity contribution >= 4 is 7.37 Å². The van der Waals surface area contributed by atoms with E-state index in [0.29, 0.717) is 13.2 Å². The molecule has 1 atom stereocenters. The maximum absolute atomic E-state index is 11.0. The van der Waals surface area contributed by atoms with Crippen molar-refractivity contribution < 1.29 is 18.9 Å². The SMILES string of the molecule is CCOC(OCC)P(C)(=O)O. The molecule has 0 heterocycles. The highest BCUT2D eigenvalue weighted by Crippen LogP contribution is 2.42. The van der Waals surface area contributed by atoms with E-state index in [1.807, 2.05) is 0 Å². The van der Waals surface area contributed by atoms with Crippen molar-refractivity contribution in [2.75, 3.05) is 19.9 Å². The van der Waals surface area contributed by atoms with E-state index in [1.54, 1.807) is 13.8 Å². The molecule has 0 spiro atoms. The van der Waals surface area contributed by atoms with Gasteiger partial charge in [-0.3, -0.25) is 4.57 Å². The molecule has 0 saturated heterocycles. The van der Waals surface area contributed by atoms with Crippen LogP contribution in [0.1, 0.15) is 13.8 Å². The van der Waals surface area contributed by atoms with Gasteiger partial charge in [-0.2, -0.15) is 0 Å². The van der Waals surface area contributed by atoms with Crippen molar-refractivity contribution in [2.45, 2.75) is 19.9 Å². The third-order valence-electron chi connectivity index (χ3n) is 1.01. The van der Waals surface area contributed by atoms with Crippen molar-refractivity contribution in [3.8, 4) is 0 Å². The third kappa shape index (κ3) is 4.53. The van der Waals surface area contributed by atoms with Crippen LogP contribution in [0.25, 0.3) is 0 Å². The lowest BCUT2D eigenvalue weighted by Gasteiger charge is -2.18. The zero-order valence-corrected chi connectivity index (χ0v) is 8.01. The Morgan fingerprint density at radius 1 is 1.36 bits per heavy atom. The fraction of sp³-hybridized carbons (Fsp3) is 1.00. The summed E-state index contributed by atoms with van der Waals surface area (Å²) in [6.45, 7) is 5.48. The monoisotopic (exact) mass is 182 g/mol. The fourth-order valence-corrected chi connectivity index (χ4v) is 1.46. The van der Waals surface area contributed by atoms with E-state index in [9.17, 15) is 4.57 Å². The molecule has 4 nitrogen and oxygen atoms in total. The van der Waals surface area contributed by atoms with Crippen LogP contribution < -0.4 is 0 Å². The molecule has 0 aromatic heterocycles. The Hall–Kier alpha value is 0.110. The summed E-state index contributed by atoms with van der Waals surface area (Å²) in [6, 6.07) is -0.961. The molecule has 0 amide bonds. The Balaban J connectivity index is 3.99. The van der Waals surface area contributed by atoms with E-state index in [2.05, 4.69) is 0 Å². The van der Waals surface area contributed by atoms with Crippen LogP contribution in [-0.4, -0.2) is 30.8 Å². The van der Waals surface area contributed by atoms with Gasteiger partial charge >= 0.3 is 0 Å². The fourth-order valence-electron chi connectivity index (χ4n) is 0.610. The Morgan fingerprint density at radius 2 is 1.73 bits per heavy atom. The number of hydrogen-bond acceptors (Lipinski definition) is 3. The number of hydrogen-bond donors (Lipinski definition) is 1. The van der Waals surface area contributed by atoms with Crippen LogP contribution in [0, 0.1) is 0 Å². The largest absolute Gasteiger partial charge is 0.345 e. The Labute approximate surface area is 67.0 Å². The van der Waals surface area contributed by atoms with E-state index in [4.69, 9.17) is 14.4 Å². The summed E-state index contributed by atoms with van der Waals surface area (Å²) in [7, 11) is -3.25. The molecular weight excluding hydrogens is 167 g/mol. The predicted molar refractivity (Wildman–Crippen MR) is 42.8 cm³/mol. The van der Waals surface area contributed by atoms with Crippen LogP contribution in [-0.2, 0) is 14.0 Å². The topological polar surface area (TPSA) is 55.8 Å². The van der Waals surface area contributed by atoms with Crippen molar-refractivity contribution in [1.82, 2.24) is 0 Å². The van der Waals surface area contributed by atoms with Gasteiger partial charge in [-0.15, -0.1) is 0 Å². The van der Waals surface area contributed by atoms with Crippen LogP contribution in [0.15, 0.2) is 0 Å². The Bertz CT molecular complexity index is 136.